The van der Waals surface area contributed by atoms with Crippen molar-refractivity contribution in [1.82, 2.24) is 19.8 Å². The van der Waals surface area contributed by atoms with Gasteiger partial charge >= 0.3 is 0 Å². The van der Waals surface area contributed by atoms with E-state index in [4.69, 9.17) is 35.4 Å². The highest BCUT2D eigenvalue weighted by atomic mass is 35.5. The maximum atomic E-state index is 6.51. The number of nitrogens with zero attached hydrogens (tertiary/aromatic N) is 3. The molecule has 4 nitrogen and oxygen atoms in total. The van der Waals surface area contributed by atoms with Gasteiger partial charge in [0.1, 0.15) is 0 Å². The summed E-state index contributed by atoms with van der Waals surface area (Å²) in [7, 11) is 0. The summed E-state index contributed by atoms with van der Waals surface area (Å²) < 4.78 is 2.11. The Kier molecular flexibility index (Phi) is 5.58. The van der Waals surface area contributed by atoms with Crippen molar-refractivity contribution in [3.8, 4) is 5.69 Å². The Morgan fingerprint density at radius 1 is 1.14 bits per heavy atom. The Morgan fingerprint density at radius 3 is 2.71 bits per heavy atom. The molecule has 1 fully saturated rings. The summed E-state index contributed by atoms with van der Waals surface area (Å²) in [5.41, 5.74) is 2.95. The zero-order valence-corrected chi connectivity index (χ0v) is 17.7. The van der Waals surface area contributed by atoms with E-state index in [-0.39, 0.29) is 12.1 Å². The number of rotatable bonds is 5. The predicted octanol–water partition coefficient (Wildman–Crippen LogP) is 5.56. The second-order valence-corrected chi connectivity index (χ2v) is 7.95. The normalized spacial score (nSPS) is 19.1. The third kappa shape index (κ3) is 3.50. The number of aromatic nitrogens is 2. The van der Waals surface area contributed by atoms with Gasteiger partial charge in [-0.25, -0.2) is 0 Å². The summed E-state index contributed by atoms with van der Waals surface area (Å²) in [6, 6.07) is 15.6. The van der Waals surface area contributed by atoms with Crippen LogP contribution in [0.1, 0.15) is 36.8 Å². The first-order valence-corrected chi connectivity index (χ1v) is 10.4. The summed E-state index contributed by atoms with van der Waals surface area (Å²) in [5.74, 6) is 0. The lowest BCUT2D eigenvalue weighted by Gasteiger charge is -2.28. The van der Waals surface area contributed by atoms with E-state index < -0.39 is 0 Å². The molecular weight excluding hydrogens is 411 g/mol. The van der Waals surface area contributed by atoms with Crippen molar-refractivity contribution in [3.63, 3.8) is 0 Å². The first-order chi connectivity index (χ1) is 13.6. The molecule has 1 saturated heterocycles. The number of pyridine rings is 1. The van der Waals surface area contributed by atoms with Gasteiger partial charge in [-0.2, -0.15) is 0 Å². The molecule has 1 aliphatic heterocycles. The fourth-order valence-electron chi connectivity index (χ4n) is 3.74. The van der Waals surface area contributed by atoms with Crippen molar-refractivity contribution < 1.29 is 0 Å². The van der Waals surface area contributed by atoms with Crippen molar-refractivity contribution in [2.24, 2.45) is 0 Å². The van der Waals surface area contributed by atoms with Crippen molar-refractivity contribution >= 4 is 40.5 Å². The summed E-state index contributed by atoms with van der Waals surface area (Å²) in [4.78, 5) is 6.82. The molecule has 2 aromatic heterocycles. The van der Waals surface area contributed by atoms with Crippen LogP contribution < -0.4 is 5.32 Å². The predicted molar refractivity (Wildman–Crippen MR) is 118 cm³/mol. The maximum absolute atomic E-state index is 6.51. The van der Waals surface area contributed by atoms with Crippen LogP contribution >= 0.6 is 35.4 Å². The van der Waals surface area contributed by atoms with Gasteiger partial charge in [0.15, 0.2) is 5.11 Å². The molecule has 3 heterocycles. The Bertz CT molecular complexity index is 989. The number of hydrogen-bond acceptors (Lipinski definition) is 2. The van der Waals surface area contributed by atoms with Crippen LogP contribution in [-0.2, 0) is 0 Å². The molecule has 1 aliphatic rings. The van der Waals surface area contributed by atoms with Gasteiger partial charge in [0, 0.05) is 29.7 Å². The van der Waals surface area contributed by atoms with Crippen LogP contribution in [0.25, 0.3) is 5.69 Å². The summed E-state index contributed by atoms with van der Waals surface area (Å²) in [5, 5.41) is 5.44. The molecule has 0 unspecified atom stereocenters. The Hall–Kier alpha value is -2.08. The van der Waals surface area contributed by atoms with Gasteiger partial charge < -0.3 is 14.8 Å². The molecule has 4 rings (SSSR count). The van der Waals surface area contributed by atoms with Gasteiger partial charge in [-0.05, 0) is 61.1 Å². The summed E-state index contributed by atoms with van der Waals surface area (Å²) in [6.45, 7) is 3.02. The van der Waals surface area contributed by atoms with Gasteiger partial charge in [-0.1, -0.05) is 36.2 Å². The topological polar surface area (TPSA) is 33.1 Å². The van der Waals surface area contributed by atoms with Crippen molar-refractivity contribution in [3.05, 3.63) is 82.4 Å². The molecule has 0 amide bonds. The molecule has 2 atom stereocenters. The summed E-state index contributed by atoms with van der Waals surface area (Å²) >= 11 is 18.3. The van der Waals surface area contributed by atoms with E-state index in [2.05, 4.69) is 32.8 Å². The van der Waals surface area contributed by atoms with E-state index in [0.717, 1.165) is 35.2 Å². The molecule has 0 aliphatic carbocycles. The van der Waals surface area contributed by atoms with Crippen LogP contribution in [0.5, 0.6) is 0 Å². The van der Waals surface area contributed by atoms with Gasteiger partial charge in [0.2, 0.25) is 0 Å². The van der Waals surface area contributed by atoms with Gasteiger partial charge in [-0.3, -0.25) is 4.98 Å². The molecule has 0 spiro atoms. The first kappa shape index (κ1) is 19.2. The van der Waals surface area contributed by atoms with Crippen molar-refractivity contribution in [2.45, 2.75) is 25.4 Å². The summed E-state index contributed by atoms with van der Waals surface area (Å²) in [6.07, 6.45) is 4.83. The quantitative estimate of drug-likeness (QED) is 0.536. The Balaban J connectivity index is 1.83. The van der Waals surface area contributed by atoms with E-state index in [1.165, 1.54) is 0 Å². The van der Waals surface area contributed by atoms with Crippen molar-refractivity contribution in [1.29, 1.82) is 0 Å². The molecule has 144 valence electrons. The van der Waals surface area contributed by atoms with Gasteiger partial charge in [0.05, 0.1) is 28.5 Å². The third-order valence-corrected chi connectivity index (χ3v) is 5.81. The lowest BCUT2D eigenvalue weighted by molar-refractivity contribution is 0.309. The molecule has 1 N–H and O–H groups in total. The highest BCUT2D eigenvalue weighted by Crippen LogP contribution is 2.40. The highest BCUT2D eigenvalue weighted by Gasteiger charge is 2.40. The molecule has 1 aromatic carbocycles. The zero-order chi connectivity index (χ0) is 19.7. The SMILES string of the molecule is CCCN1C(=S)N[C@@H](c2ccccn2)[C@H]1c1cccn1-c1ccc(Cl)cc1Cl. The fourth-order valence-corrected chi connectivity index (χ4v) is 4.57. The van der Waals surface area contributed by atoms with Crippen LogP contribution in [-0.4, -0.2) is 26.1 Å². The zero-order valence-electron chi connectivity index (χ0n) is 15.3. The molecule has 7 heteroatoms. The van der Waals surface area contributed by atoms with E-state index in [1.54, 1.807) is 6.07 Å². The molecule has 0 bridgehead atoms. The standard InChI is InChI=1S/C21H20Cl2N4S/c1-2-11-27-20(19(25-21(27)28)16-6-3-4-10-24-16)18-7-5-12-26(18)17-9-8-14(22)13-15(17)23/h3-10,12-13,19-20H,2,11H2,1H3,(H,25,28)/t19-,20+/m0/s1. The minimum Gasteiger partial charge on any atom is -0.352 e. The lowest BCUT2D eigenvalue weighted by Crippen LogP contribution is -2.31. The minimum atomic E-state index is -0.0417. The average Bonchev–Trinajstić information content (AvgIpc) is 3.28. The van der Waals surface area contributed by atoms with Crippen LogP contribution in [0.15, 0.2) is 60.9 Å². The smallest absolute Gasteiger partial charge is 0.170 e. The second-order valence-electron chi connectivity index (χ2n) is 6.72. The van der Waals surface area contributed by atoms with Gasteiger partial charge in [0.25, 0.3) is 0 Å². The second kappa shape index (κ2) is 8.11. The van der Waals surface area contributed by atoms with Crippen molar-refractivity contribution in [2.75, 3.05) is 6.54 Å². The molecule has 3 aromatic rings. The van der Waals surface area contributed by atoms with Crippen LogP contribution in [0.4, 0.5) is 0 Å². The van der Waals surface area contributed by atoms with E-state index in [9.17, 15) is 0 Å². The molecule has 28 heavy (non-hydrogen) atoms. The van der Waals surface area contributed by atoms with E-state index in [1.807, 2.05) is 48.8 Å². The number of nitrogens with one attached hydrogen (secondary N) is 1. The monoisotopic (exact) mass is 430 g/mol. The Labute approximate surface area is 180 Å². The van der Waals surface area contributed by atoms with Gasteiger partial charge in [-0.15, -0.1) is 0 Å². The number of thiocarbonyl (C=S) groups is 1. The molecule has 0 radical (unpaired) electrons. The minimum absolute atomic E-state index is 0.00379. The first-order valence-electron chi connectivity index (χ1n) is 9.21. The maximum Gasteiger partial charge on any atom is 0.170 e. The number of hydrogen-bond donors (Lipinski definition) is 1. The lowest BCUT2D eigenvalue weighted by atomic mass is 10.0. The van der Waals surface area contributed by atoms with E-state index in [0.29, 0.717) is 10.0 Å². The third-order valence-electron chi connectivity index (χ3n) is 4.91. The molecular formula is C21H20Cl2N4S. The average molecular weight is 431 g/mol. The van der Waals surface area contributed by atoms with Crippen LogP contribution in [0.2, 0.25) is 10.0 Å². The number of benzene rings is 1. The largest absolute Gasteiger partial charge is 0.352 e. The van der Waals surface area contributed by atoms with Crippen LogP contribution in [0.3, 0.4) is 0 Å². The highest BCUT2D eigenvalue weighted by molar-refractivity contribution is 7.80. The van der Waals surface area contributed by atoms with E-state index >= 15 is 0 Å². The molecule has 0 saturated carbocycles. The number of halogens is 2. The fraction of sp³-hybridized carbons (Fsp3) is 0.238. The van der Waals surface area contributed by atoms with Crippen LogP contribution in [0, 0.1) is 0 Å². The Morgan fingerprint density at radius 2 is 2.00 bits per heavy atom.